The Morgan fingerprint density at radius 3 is 2.48 bits per heavy atom. The first-order chi connectivity index (χ1) is 13.1. The van der Waals surface area contributed by atoms with Gasteiger partial charge in [0.2, 0.25) is 0 Å². The minimum Gasteiger partial charge on any atom is -0.495 e. The highest BCUT2D eigenvalue weighted by Crippen LogP contribution is 2.27. The molecule has 0 saturated carbocycles. The van der Waals surface area contributed by atoms with E-state index in [1.54, 1.807) is 7.11 Å². The molecule has 1 fully saturated rings. The Bertz CT molecular complexity index is 768. The lowest BCUT2D eigenvalue weighted by atomic mass is 10.0. The molecule has 0 aromatic heterocycles. The van der Waals surface area contributed by atoms with Gasteiger partial charge in [-0.05, 0) is 29.7 Å². The van der Waals surface area contributed by atoms with E-state index in [0.29, 0.717) is 12.5 Å². The van der Waals surface area contributed by atoms with Gasteiger partial charge in [-0.2, -0.15) is 0 Å². The Kier molecular flexibility index (Phi) is 6.35. The minimum absolute atomic E-state index is 0.0869. The van der Waals surface area contributed by atoms with Crippen molar-refractivity contribution < 1.29 is 14.4 Å². The van der Waals surface area contributed by atoms with E-state index < -0.39 is 0 Å². The van der Waals surface area contributed by atoms with E-state index in [2.05, 4.69) is 36.2 Å². The van der Waals surface area contributed by atoms with Crippen LogP contribution >= 0.6 is 0 Å². The first kappa shape index (κ1) is 19.2. The molecule has 2 aromatic rings. The highest BCUT2D eigenvalue weighted by atomic mass is 16.5. The third-order valence-electron chi connectivity index (χ3n) is 5.16. The number of carbonyl (C=O) groups excluding carboxylic acids is 1. The molecule has 1 heterocycles. The van der Waals surface area contributed by atoms with Gasteiger partial charge in [0.15, 0.2) is 6.54 Å². The number of ether oxygens (including phenoxy) is 1. The fraction of sp³-hybridized carbons (Fsp3) is 0.409. The summed E-state index contributed by atoms with van der Waals surface area (Å²) in [6.07, 6.45) is 0. The largest absolute Gasteiger partial charge is 0.495 e. The first-order valence-electron chi connectivity index (χ1n) is 9.68. The molecule has 5 heteroatoms. The molecular weight excluding hydrogens is 338 g/mol. The van der Waals surface area contributed by atoms with E-state index in [9.17, 15) is 4.79 Å². The van der Waals surface area contributed by atoms with Gasteiger partial charge in [0, 0.05) is 5.69 Å². The predicted molar refractivity (Wildman–Crippen MR) is 110 cm³/mol. The Balaban J connectivity index is 1.54. The molecular formula is C22H30N3O2+. The molecule has 3 rings (SSSR count). The molecule has 0 radical (unpaired) electrons. The van der Waals surface area contributed by atoms with Crippen LogP contribution in [0.3, 0.4) is 0 Å². The maximum absolute atomic E-state index is 12.5. The number of nitrogens with zero attached hydrogens (tertiary/aromatic N) is 1. The van der Waals surface area contributed by atoms with Gasteiger partial charge < -0.3 is 19.9 Å². The number of nitrogens with one attached hydrogen (secondary N) is 2. The fourth-order valence-corrected chi connectivity index (χ4v) is 3.67. The topological polar surface area (TPSA) is 46.0 Å². The summed E-state index contributed by atoms with van der Waals surface area (Å²) in [5.41, 5.74) is 3.25. The van der Waals surface area contributed by atoms with Gasteiger partial charge in [-0.3, -0.25) is 4.79 Å². The average Bonchev–Trinajstić information content (AvgIpc) is 2.68. The molecule has 5 nitrogen and oxygen atoms in total. The molecule has 2 N–H and O–H groups in total. The van der Waals surface area contributed by atoms with Gasteiger partial charge >= 0.3 is 0 Å². The summed E-state index contributed by atoms with van der Waals surface area (Å²) in [6.45, 7) is 8.53. The van der Waals surface area contributed by atoms with Crippen molar-refractivity contribution >= 4 is 17.3 Å². The Morgan fingerprint density at radius 2 is 1.78 bits per heavy atom. The maximum atomic E-state index is 12.5. The summed E-state index contributed by atoms with van der Waals surface area (Å²) >= 11 is 0. The monoisotopic (exact) mass is 368 g/mol. The van der Waals surface area contributed by atoms with Crippen LogP contribution in [0.25, 0.3) is 0 Å². The normalized spacial score (nSPS) is 15.0. The Hall–Kier alpha value is -2.53. The average molecular weight is 369 g/mol. The van der Waals surface area contributed by atoms with Crippen LogP contribution in [0, 0.1) is 0 Å². The summed E-state index contributed by atoms with van der Waals surface area (Å²) in [4.78, 5) is 16.2. The van der Waals surface area contributed by atoms with Gasteiger partial charge in [-0.15, -0.1) is 0 Å². The summed E-state index contributed by atoms with van der Waals surface area (Å²) in [5.74, 6) is 1.38. The number of quaternary nitrogens is 1. The lowest BCUT2D eigenvalue weighted by Crippen LogP contribution is -3.15. The van der Waals surface area contributed by atoms with Crippen LogP contribution in [0.1, 0.15) is 25.3 Å². The number of hydrogen-bond acceptors (Lipinski definition) is 3. The zero-order chi connectivity index (χ0) is 19.2. The van der Waals surface area contributed by atoms with Crippen LogP contribution in [0.2, 0.25) is 0 Å². The van der Waals surface area contributed by atoms with Crippen molar-refractivity contribution in [2.24, 2.45) is 0 Å². The maximum Gasteiger partial charge on any atom is 0.279 e. The summed E-state index contributed by atoms with van der Waals surface area (Å²) in [6, 6.07) is 16.2. The van der Waals surface area contributed by atoms with E-state index in [1.165, 1.54) is 10.5 Å². The molecule has 1 aliphatic heterocycles. The quantitative estimate of drug-likeness (QED) is 0.821. The fourth-order valence-electron chi connectivity index (χ4n) is 3.67. The van der Waals surface area contributed by atoms with Crippen LogP contribution in [-0.2, 0) is 4.79 Å². The third kappa shape index (κ3) is 4.80. The highest BCUT2D eigenvalue weighted by molar-refractivity contribution is 5.92. The van der Waals surface area contributed by atoms with E-state index >= 15 is 0 Å². The number of carbonyl (C=O) groups is 1. The number of anilines is 2. The predicted octanol–water partition coefficient (Wildman–Crippen LogP) is 2.16. The molecule has 1 aliphatic rings. The molecule has 144 valence electrons. The van der Waals surface area contributed by atoms with E-state index in [-0.39, 0.29) is 5.91 Å². The Labute approximate surface area is 161 Å². The molecule has 1 saturated heterocycles. The molecule has 1 amide bonds. The second-order valence-corrected chi connectivity index (χ2v) is 7.38. The molecule has 0 spiro atoms. The molecule has 2 aromatic carbocycles. The number of rotatable bonds is 6. The molecule has 27 heavy (non-hydrogen) atoms. The van der Waals surface area contributed by atoms with Gasteiger partial charge in [0.1, 0.15) is 5.75 Å². The lowest BCUT2D eigenvalue weighted by molar-refractivity contribution is -0.892. The number of para-hydroxylation sites is 3. The molecule has 0 unspecified atom stereocenters. The van der Waals surface area contributed by atoms with E-state index in [1.807, 2.05) is 36.4 Å². The summed E-state index contributed by atoms with van der Waals surface area (Å²) in [7, 11) is 1.71. The van der Waals surface area contributed by atoms with Crippen LogP contribution in [-0.4, -0.2) is 45.7 Å². The van der Waals surface area contributed by atoms with E-state index in [0.717, 1.165) is 43.3 Å². The van der Waals surface area contributed by atoms with Crippen LogP contribution in [0.5, 0.6) is 5.75 Å². The first-order valence-corrected chi connectivity index (χ1v) is 9.68. The van der Waals surface area contributed by atoms with Crippen LogP contribution in [0.4, 0.5) is 11.4 Å². The van der Waals surface area contributed by atoms with Crippen molar-refractivity contribution in [3.05, 3.63) is 54.1 Å². The summed E-state index contributed by atoms with van der Waals surface area (Å²) in [5, 5.41) is 3.11. The number of methoxy groups -OCH3 is 1. The number of hydrogen-bond donors (Lipinski definition) is 2. The van der Waals surface area contributed by atoms with Crippen molar-refractivity contribution in [2.45, 2.75) is 19.8 Å². The number of amides is 1. The van der Waals surface area contributed by atoms with Crippen molar-refractivity contribution in [2.75, 3.05) is 50.1 Å². The van der Waals surface area contributed by atoms with Crippen molar-refractivity contribution in [3.8, 4) is 5.75 Å². The van der Waals surface area contributed by atoms with Gasteiger partial charge in [0.25, 0.3) is 5.91 Å². The molecule has 0 aliphatic carbocycles. The second-order valence-electron chi connectivity index (χ2n) is 7.38. The SMILES string of the molecule is COc1ccccc1N1CC[NH+](CC(=O)Nc2ccccc2C(C)C)CC1. The van der Waals surface area contributed by atoms with Gasteiger partial charge in [0.05, 0.1) is 39.0 Å². The smallest absolute Gasteiger partial charge is 0.279 e. The third-order valence-corrected chi connectivity index (χ3v) is 5.16. The van der Waals surface area contributed by atoms with Gasteiger partial charge in [-0.1, -0.05) is 44.2 Å². The second kappa shape index (κ2) is 8.91. The number of benzene rings is 2. The Morgan fingerprint density at radius 1 is 1.11 bits per heavy atom. The lowest BCUT2D eigenvalue weighted by Gasteiger charge is -2.34. The zero-order valence-electron chi connectivity index (χ0n) is 16.5. The van der Waals surface area contributed by atoms with Crippen molar-refractivity contribution in [3.63, 3.8) is 0 Å². The zero-order valence-corrected chi connectivity index (χ0v) is 16.5. The van der Waals surface area contributed by atoms with Crippen LogP contribution < -0.4 is 19.9 Å². The van der Waals surface area contributed by atoms with Gasteiger partial charge in [-0.25, -0.2) is 0 Å². The highest BCUT2D eigenvalue weighted by Gasteiger charge is 2.24. The minimum atomic E-state index is 0.0869. The summed E-state index contributed by atoms with van der Waals surface area (Å²) < 4.78 is 5.47. The van der Waals surface area contributed by atoms with Crippen molar-refractivity contribution in [1.29, 1.82) is 0 Å². The molecule has 0 atom stereocenters. The number of piperazine rings is 1. The van der Waals surface area contributed by atoms with E-state index in [4.69, 9.17) is 4.74 Å². The molecule has 0 bridgehead atoms. The van der Waals surface area contributed by atoms with Crippen LogP contribution in [0.15, 0.2) is 48.5 Å². The van der Waals surface area contributed by atoms with Crippen molar-refractivity contribution in [1.82, 2.24) is 0 Å². The standard InChI is InChI=1S/C22H29N3O2/c1-17(2)18-8-4-5-9-19(18)23-22(26)16-24-12-14-25(15-13-24)20-10-6-7-11-21(20)27-3/h4-11,17H,12-16H2,1-3H3,(H,23,26)/p+1.